The van der Waals surface area contributed by atoms with Crippen molar-refractivity contribution >= 4 is 32.4 Å². The topological polar surface area (TPSA) is 85.4 Å². The highest BCUT2D eigenvalue weighted by atomic mass is 32.2. The summed E-state index contributed by atoms with van der Waals surface area (Å²) >= 11 is 0. The molecule has 1 aromatic heterocycles. The molecule has 1 saturated heterocycles. The number of para-hydroxylation sites is 1. The number of ether oxygens (including phenoxy) is 1. The lowest BCUT2D eigenvalue weighted by atomic mass is 10.0. The maximum Gasteiger partial charge on any atom is 0.310 e. The maximum atomic E-state index is 11.8. The first-order valence-corrected chi connectivity index (χ1v) is 9.64. The van der Waals surface area contributed by atoms with Crippen LogP contribution in [0.5, 0.6) is 0 Å². The van der Waals surface area contributed by atoms with Gasteiger partial charge in [-0.2, -0.15) is 0 Å². The van der Waals surface area contributed by atoms with Crippen molar-refractivity contribution in [3.8, 4) is 0 Å². The van der Waals surface area contributed by atoms with Crippen LogP contribution in [0.3, 0.4) is 0 Å². The lowest BCUT2D eigenvalue weighted by molar-refractivity contribution is -0.139. The first-order valence-electron chi connectivity index (χ1n) is 7.81. The minimum Gasteiger partial charge on any atom is -0.469 e. The number of esters is 1. The van der Waals surface area contributed by atoms with Gasteiger partial charge in [0, 0.05) is 28.4 Å². The predicted molar refractivity (Wildman–Crippen MR) is 92.9 cm³/mol. The molecule has 1 unspecified atom stereocenters. The Balaban J connectivity index is 2.07. The molecule has 2 heterocycles. The SMILES string of the molecule is COC(=O)Cc1c(C)nc2ccccc2c1NC1CCS(=O)(=O)C1. The van der Waals surface area contributed by atoms with E-state index in [1.807, 2.05) is 31.2 Å². The van der Waals surface area contributed by atoms with E-state index in [2.05, 4.69) is 10.3 Å². The summed E-state index contributed by atoms with van der Waals surface area (Å²) in [6.45, 7) is 1.85. The zero-order chi connectivity index (χ0) is 17.3. The van der Waals surface area contributed by atoms with Gasteiger partial charge in [-0.25, -0.2) is 8.42 Å². The molecule has 1 N–H and O–H groups in total. The molecular weight excluding hydrogens is 328 g/mol. The van der Waals surface area contributed by atoms with E-state index in [0.29, 0.717) is 6.42 Å². The highest BCUT2D eigenvalue weighted by Gasteiger charge is 2.29. The van der Waals surface area contributed by atoms with Crippen LogP contribution in [-0.2, 0) is 25.8 Å². The van der Waals surface area contributed by atoms with Gasteiger partial charge in [0.25, 0.3) is 0 Å². The lowest BCUT2D eigenvalue weighted by Gasteiger charge is -2.20. The van der Waals surface area contributed by atoms with Crippen molar-refractivity contribution in [2.45, 2.75) is 25.8 Å². The van der Waals surface area contributed by atoms with Crippen molar-refractivity contribution in [1.29, 1.82) is 0 Å². The van der Waals surface area contributed by atoms with Crippen LogP contribution in [0.4, 0.5) is 5.69 Å². The Labute approximate surface area is 141 Å². The number of hydrogen-bond donors (Lipinski definition) is 1. The third-order valence-corrected chi connectivity index (χ3v) is 6.10. The number of nitrogens with one attached hydrogen (secondary N) is 1. The summed E-state index contributed by atoms with van der Waals surface area (Å²) in [4.78, 5) is 16.3. The van der Waals surface area contributed by atoms with Crippen LogP contribution in [0.25, 0.3) is 10.9 Å². The standard InChI is InChI=1S/C17H20N2O4S/c1-11-14(9-16(20)23-2)17(13-5-3-4-6-15(13)18-11)19-12-7-8-24(21,22)10-12/h3-6,12H,7-10H2,1-2H3,(H,18,19). The van der Waals surface area contributed by atoms with Crippen molar-refractivity contribution in [3.63, 3.8) is 0 Å². The molecule has 2 aromatic rings. The van der Waals surface area contributed by atoms with Crippen LogP contribution in [0.15, 0.2) is 24.3 Å². The average Bonchev–Trinajstić information content (AvgIpc) is 2.89. The number of carbonyl (C=O) groups is 1. The molecule has 128 valence electrons. The van der Waals surface area contributed by atoms with E-state index in [1.54, 1.807) is 0 Å². The van der Waals surface area contributed by atoms with Gasteiger partial charge in [-0.15, -0.1) is 0 Å². The van der Waals surface area contributed by atoms with E-state index in [0.717, 1.165) is 27.8 Å². The van der Waals surface area contributed by atoms with Crippen LogP contribution in [0.1, 0.15) is 17.7 Å². The second-order valence-corrected chi connectivity index (χ2v) is 8.29. The summed E-state index contributed by atoms with van der Waals surface area (Å²) < 4.78 is 28.3. The summed E-state index contributed by atoms with van der Waals surface area (Å²) in [6, 6.07) is 7.47. The first-order chi connectivity index (χ1) is 11.4. The zero-order valence-corrected chi connectivity index (χ0v) is 14.5. The smallest absolute Gasteiger partial charge is 0.310 e. The fourth-order valence-corrected chi connectivity index (χ4v) is 4.76. The Hall–Kier alpha value is -2.15. The van der Waals surface area contributed by atoms with Gasteiger partial charge in [-0.3, -0.25) is 9.78 Å². The van der Waals surface area contributed by atoms with E-state index >= 15 is 0 Å². The highest BCUT2D eigenvalue weighted by molar-refractivity contribution is 7.91. The molecule has 24 heavy (non-hydrogen) atoms. The predicted octanol–water partition coefficient (Wildman–Crippen LogP) is 1.86. The van der Waals surface area contributed by atoms with Crippen molar-refractivity contribution < 1.29 is 17.9 Å². The van der Waals surface area contributed by atoms with Gasteiger partial charge in [0.2, 0.25) is 0 Å². The van der Waals surface area contributed by atoms with Crippen LogP contribution in [-0.4, -0.2) is 44.0 Å². The summed E-state index contributed by atoms with van der Waals surface area (Å²) in [7, 11) is -1.64. The lowest BCUT2D eigenvalue weighted by Crippen LogP contribution is -2.23. The number of sulfone groups is 1. The fourth-order valence-electron chi connectivity index (χ4n) is 3.08. The molecule has 1 fully saturated rings. The van der Waals surface area contributed by atoms with Gasteiger partial charge in [-0.1, -0.05) is 18.2 Å². The summed E-state index contributed by atoms with van der Waals surface area (Å²) in [5, 5.41) is 4.23. The molecule has 1 aliphatic rings. The summed E-state index contributed by atoms with van der Waals surface area (Å²) in [5.74, 6) is -0.0448. The Morgan fingerprint density at radius 2 is 2.12 bits per heavy atom. The number of hydrogen-bond acceptors (Lipinski definition) is 6. The molecule has 0 amide bonds. The monoisotopic (exact) mass is 348 g/mol. The number of benzene rings is 1. The Morgan fingerprint density at radius 3 is 2.79 bits per heavy atom. The second kappa shape index (κ2) is 6.39. The quantitative estimate of drug-likeness (QED) is 0.849. The van der Waals surface area contributed by atoms with Crippen LogP contribution in [0, 0.1) is 6.92 Å². The summed E-state index contributed by atoms with van der Waals surface area (Å²) in [5.41, 5.74) is 3.09. The number of methoxy groups -OCH3 is 1. The minimum absolute atomic E-state index is 0.0992. The number of aryl methyl sites for hydroxylation is 1. The normalized spacial score (nSPS) is 19.3. The maximum absolute atomic E-state index is 11.8. The molecule has 0 aliphatic carbocycles. The molecule has 1 atom stereocenters. The van der Waals surface area contributed by atoms with Crippen molar-refractivity contribution in [2.75, 3.05) is 23.9 Å². The van der Waals surface area contributed by atoms with Crippen LogP contribution >= 0.6 is 0 Å². The third-order valence-electron chi connectivity index (χ3n) is 4.33. The number of fused-ring (bicyclic) bond motifs is 1. The van der Waals surface area contributed by atoms with Gasteiger partial charge in [0.05, 0.1) is 30.6 Å². The molecule has 3 rings (SSSR count). The molecule has 0 bridgehead atoms. The molecule has 7 heteroatoms. The van der Waals surface area contributed by atoms with Gasteiger partial charge in [0.1, 0.15) is 0 Å². The van der Waals surface area contributed by atoms with E-state index in [-0.39, 0.29) is 29.9 Å². The van der Waals surface area contributed by atoms with Crippen molar-refractivity contribution in [2.24, 2.45) is 0 Å². The first kappa shape index (κ1) is 16.7. The number of nitrogens with zero attached hydrogens (tertiary/aromatic N) is 1. The molecule has 1 aliphatic heterocycles. The number of rotatable bonds is 4. The van der Waals surface area contributed by atoms with Gasteiger partial charge < -0.3 is 10.1 Å². The largest absolute Gasteiger partial charge is 0.469 e. The number of pyridine rings is 1. The fraction of sp³-hybridized carbons (Fsp3) is 0.412. The molecular formula is C17H20N2O4S. The van der Waals surface area contributed by atoms with Crippen molar-refractivity contribution in [3.05, 3.63) is 35.5 Å². The average molecular weight is 348 g/mol. The molecule has 0 saturated carbocycles. The molecule has 0 radical (unpaired) electrons. The van der Waals surface area contributed by atoms with E-state index in [1.165, 1.54) is 7.11 Å². The van der Waals surface area contributed by atoms with E-state index in [4.69, 9.17) is 4.74 Å². The number of anilines is 1. The highest BCUT2D eigenvalue weighted by Crippen LogP contribution is 2.31. The molecule has 1 aromatic carbocycles. The van der Waals surface area contributed by atoms with Gasteiger partial charge >= 0.3 is 5.97 Å². The number of carbonyl (C=O) groups excluding carboxylic acids is 1. The third kappa shape index (κ3) is 3.36. The van der Waals surface area contributed by atoms with Gasteiger partial charge in [0.15, 0.2) is 9.84 Å². The zero-order valence-electron chi connectivity index (χ0n) is 13.7. The Kier molecular flexibility index (Phi) is 4.45. The van der Waals surface area contributed by atoms with Gasteiger partial charge in [-0.05, 0) is 19.4 Å². The van der Waals surface area contributed by atoms with Crippen LogP contribution < -0.4 is 5.32 Å². The molecule has 6 nitrogen and oxygen atoms in total. The van der Waals surface area contributed by atoms with E-state index < -0.39 is 9.84 Å². The van der Waals surface area contributed by atoms with Crippen LogP contribution in [0.2, 0.25) is 0 Å². The Bertz CT molecular complexity index is 893. The molecule has 0 spiro atoms. The van der Waals surface area contributed by atoms with Crippen molar-refractivity contribution in [1.82, 2.24) is 4.98 Å². The minimum atomic E-state index is -2.99. The Morgan fingerprint density at radius 1 is 1.38 bits per heavy atom. The second-order valence-electron chi connectivity index (χ2n) is 6.07. The summed E-state index contributed by atoms with van der Waals surface area (Å²) in [6.07, 6.45) is 0.664. The van der Waals surface area contributed by atoms with E-state index in [9.17, 15) is 13.2 Å². The number of aromatic nitrogens is 1.